The van der Waals surface area contributed by atoms with Crippen molar-refractivity contribution in [2.24, 2.45) is 5.92 Å². The van der Waals surface area contributed by atoms with Gasteiger partial charge in [0.05, 0.1) is 11.4 Å². The molecule has 1 aromatic carbocycles. The molecule has 1 unspecified atom stereocenters. The Kier molecular flexibility index (Phi) is 2.09. The van der Waals surface area contributed by atoms with Crippen LogP contribution in [0.2, 0.25) is 0 Å². The molecule has 1 heterocycles. The average molecular weight is 220 g/mol. The zero-order valence-electron chi connectivity index (χ0n) is 8.79. The normalized spacial score (nSPS) is 24.1. The van der Waals surface area contributed by atoms with Gasteiger partial charge in [-0.05, 0) is 37.0 Å². The fourth-order valence-electron chi connectivity index (χ4n) is 2.18. The summed E-state index contributed by atoms with van der Waals surface area (Å²) < 4.78 is 13.0. The number of carbonyl (C=O) groups is 1. The van der Waals surface area contributed by atoms with E-state index in [1.807, 2.05) is 0 Å². The largest absolute Gasteiger partial charge is 0.380 e. The van der Waals surface area contributed by atoms with Crippen molar-refractivity contribution >= 4 is 17.3 Å². The fourth-order valence-corrected chi connectivity index (χ4v) is 2.18. The Bertz CT molecular complexity index is 443. The van der Waals surface area contributed by atoms with Crippen LogP contribution in [0.1, 0.15) is 19.3 Å². The van der Waals surface area contributed by atoms with Gasteiger partial charge in [-0.25, -0.2) is 4.39 Å². The second kappa shape index (κ2) is 3.47. The topological polar surface area (TPSA) is 41.1 Å². The van der Waals surface area contributed by atoms with Crippen LogP contribution in [0.3, 0.4) is 0 Å². The lowest BCUT2D eigenvalue weighted by Gasteiger charge is -2.15. The number of benzene rings is 1. The van der Waals surface area contributed by atoms with Gasteiger partial charge in [0.15, 0.2) is 0 Å². The van der Waals surface area contributed by atoms with Crippen LogP contribution in [-0.2, 0) is 4.79 Å². The SMILES string of the molecule is O=C1CC(C2CC2)Nc2ccc(F)cc2N1. The molecule has 2 aliphatic rings. The molecule has 1 fully saturated rings. The first kappa shape index (κ1) is 9.63. The van der Waals surface area contributed by atoms with E-state index < -0.39 is 0 Å². The van der Waals surface area contributed by atoms with Crippen LogP contribution in [0.25, 0.3) is 0 Å². The average Bonchev–Trinajstić information content (AvgIpc) is 3.02. The summed E-state index contributed by atoms with van der Waals surface area (Å²) in [7, 11) is 0. The van der Waals surface area contributed by atoms with E-state index in [0.29, 0.717) is 18.0 Å². The summed E-state index contributed by atoms with van der Waals surface area (Å²) in [5.74, 6) is 0.237. The Morgan fingerprint density at radius 3 is 2.81 bits per heavy atom. The van der Waals surface area contributed by atoms with Gasteiger partial charge in [-0.2, -0.15) is 0 Å². The van der Waals surface area contributed by atoms with Crippen molar-refractivity contribution in [1.82, 2.24) is 0 Å². The second-order valence-electron chi connectivity index (χ2n) is 4.53. The van der Waals surface area contributed by atoms with Crippen LogP contribution in [0.5, 0.6) is 0 Å². The van der Waals surface area contributed by atoms with Crippen molar-refractivity contribution in [3.8, 4) is 0 Å². The van der Waals surface area contributed by atoms with Crippen molar-refractivity contribution in [3.05, 3.63) is 24.0 Å². The Hall–Kier alpha value is -1.58. The number of carbonyl (C=O) groups excluding carboxylic acids is 1. The molecule has 1 saturated carbocycles. The van der Waals surface area contributed by atoms with Gasteiger partial charge in [0.1, 0.15) is 5.82 Å². The molecule has 1 aliphatic carbocycles. The number of halogens is 1. The molecule has 1 aromatic rings. The van der Waals surface area contributed by atoms with Gasteiger partial charge in [0, 0.05) is 12.5 Å². The maximum atomic E-state index is 13.0. The summed E-state index contributed by atoms with van der Waals surface area (Å²) in [4.78, 5) is 11.6. The van der Waals surface area contributed by atoms with E-state index in [9.17, 15) is 9.18 Å². The molecular formula is C12H13FN2O. The second-order valence-corrected chi connectivity index (χ2v) is 4.53. The first-order chi connectivity index (χ1) is 7.72. The van der Waals surface area contributed by atoms with E-state index in [2.05, 4.69) is 10.6 Å². The van der Waals surface area contributed by atoms with Gasteiger partial charge in [-0.3, -0.25) is 4.79 Å². The molecule has 84 valence electrons. The molecule has 0 bridgehead atoms. The molecule has 0 aromatic heterocycles. The minimum Gasteiger partial charge on any atom is -0.380 e. The molecule has 0 spiro atoms. The molecule has 1 atom stereocenters. The van der Waals surface area contributed by atoms with Crippen molar-refractivity contribution < 1.29 is 9.18 Å². The Morgan fingerprint density at radius 1 is 1.25 bits per heavy atom. The number of rotatable bonds is 1. The molecule has 3 nitrogen and oxygen atoms in total. The van der Waals surface area contributed by atoms with Gasteiger partial charge < -0.3 is 10.6 Å². The van der Waals surface area contributed by atoms with E-state index in [0.717, 1.165) is 5.69 Å². The van der Waals surface area contributed by atoms with Gasteiger partial charge >= 0.3 is 0 Å². The quantitative estimate of drug-likeness (QED) is 0.762. The van der Waals surface area contributed by atoms with Crippen LogP contribution < -0.4 is 10.6 Å². The van der Waals surface area contributed by atoms with Crippen molar-refractivity contribution in [2.45, 2.75) is 25.3 Å². The highest BCUT2D eigenvalue weighted by atomic mass is 19.1. The molecule has 2 N–H and O–H groups in total. The predicted octanol–water partition coefficient (Wildman–Crippen LogP) is 2.36. The van der Waals surface area contributed by atoms with Crippen LogP contribution >= 0.6 is 0 Å². The van der Waals surface area contributed by atoms with Gasteiger partial charge in [-0.15, -0.1) is 0 Å². The lowest BCUT2D eigenvalue weighted by Crippen LogP contribution is -2.24. The number of amides is 1. The third-order valence-corrected chi connectivity index (χ3v) is 3.19. The standard InChI is InChI=1S/C12H13FN2O/c13-8-3-4-9-11(5-8)15-12(16)6-10(14-9)7-1-2-7/h3-5,7,10,14H,1-2,6H2,(H,15,16). The van der Waals surface area contributed by atoms with Crippen LogP contribution in [-0.4, -0.2) is 11.9 Å². The highest BCUT2D eigenvalue weighted by Gasteiger charge is 2.34. The molecule has 0 radical (unpaired) electrons. The van der Waals surface area contributed by atoms with E-state index in [1.165, 1.54) is 25.0 Å². The van der Waals surface area contributed by atoms with E-state index in [4.69, 9.17) is 0 Å². The Morgan fingerprint density at radius 2 is 2.06 bits per heavy atom. The first-order valence-electron chi connectivity index (χ1n) is 5.58. The van der Waals surface area contributed by atoms with Crippen LogP contribution in [0.15, 0.2) is 18.2 Å². The Balaban J connectivity index is 1.94. The van der Waals surface area contributed by atoms with Gasteiger partial charge in [0.2, 0.25) is 5.91 Å². The number of nitrogens with one attached hydrogen (secondary N) is 2. The molecule has 3 rings (SSSR count). The third-order valence-electron chi connectivity index (χ3n) is 3.19. The smallest absolute Gasteiger partial charge is 0.226 e. The lowest BCUT2D eigenvalue weighted by atomic mass is 10.1. The maximum Gasteiger partial charge on any atom is 0.226 e. The van der Waals surface area contributed by atoms with E-state index in [-0.39, 0.29) is 17.8 Å². The summed E-state index contributed by atoms with van der Waals surface area (Å²) in [6, 6.07) is 4.65. The molecular weight excluding hydrogens is 207 g/mol. The number of anilines is 2. The number of hydrogen-bond donors (Lipinski definition) is 2. The molecule has 4 heteroatoms. The lowest BCUT2D eigenvalue weighted by molar-refractivity contribution is -0.116. The van der Waals surface area contributed by atoms with E-state index in [1.54, 1.807) is 6.07 Å². The highest BCUT2D eigenvalue weighted by molar-refractivity contribution is 5.96. The number of fused-ring (bicyclic) bond motifs is 1. The van der Waals surface area contributed by atoms with Gasteiger partial charge in [0.25, 0.3) is 0 Å². The van der Waals surface area contributed by atoms with Crippen LogP contribution in [0.4, 0.5) is 15.8 Å². The van der Waals surface area contributed by atoms with Gasteiger partial charge in [-0.1, -0.05) is 0 Å². The molecule has 1 aliphatic heterocycles. The molecule has 0 saturated heterocycles. The van der Waals surface area contributed by atoms with Crippen molar-refractivity contribution in [2.75, 3.05) is 10.6 Å². The predicted molar refractivity (Wildman–Crippen MR) is 59.8 cm³/mol. The molecule has 16 heavy (non-hydrogen) atoms. The summed E-state index contributed by atoms with van der Waals surface area (Å²) in [5, 5.41) is 6.06. The molecule has 1 amide bonds. The highest BCUT2D eigenvalue weighted by Crippen LogP contribution is 2.38. The summed E-state index contributed by atoms with van der Waals surface area (Å²) in [5.41, 5.74) is 1.37. The number of hydrogen-bond acceptors (Lipinski definition) is 2. The maximum absolute atomic E-state index is 13.0. The Labute approximate surface area is 93.0 Å². The summed E-state index contributed by atoms with van der Waals surface area (Å²) in [6.07, 6.45) is 2.84. The first-order valence-corrected chi connectivity index (χ1v) is 5.58. The van der Waals surface area contributed by atoms with Crippen molar-refractivity contribution in [1.29, 1.82) is 0 Å². The zero-order chi connectivity index (χ0) is 11.1. The minimum absolute atomic E-state index is 0.0336. The zero-order valence-corrected chi connectivity index (χ0v) is 8.79. The van der Waals surface area contributed by atoms with E-state index >= 15 is 0 Å². The van der Waals surface area contributed by atoms with Crippen LogP contribution in [0, 0.1) is 11.7 Å². The fraction of sp³-hybridized carbons (Fsp3) is 0.417. The monoisotopic (exact) mass is 220 g/mol. The van der Waals surface area contributed by atoms with Crippen molar-refractivity contribution in [3.63, 3.8) is 0 Å². The summed E-state index contributed by atoms with van der Waals surface area (Å²) >= 11 is 0. The minimum atomic E-state index is -0.328. The summed E-state index contributed by atoms with van der Waals surface area (Å²) in [6.45, 7) is 0. The third kappa shape index (κ3) is 1.75.